The van der Waals surface area contributed by atoms with Crippen molar-refractivity contribution in [2.75, 3.05) is 11.5 Å². The minimum atomic E-state index is -4.73. The topological polar surface area (TPSA) is 75.7 Å². The van der Waals surface area contributed by atoms with E-state index in [1.54, 1.807) is 18.2 Å². The number of amides is 4. The molecule has 0 atom stereocenters. The number of urea groups is 1. The van der Waals surface area contributed by atoms with E-state index in [-0.39, 0.29) is 5.02 Å². The van der Waals surface area contributed by atoms with Gasteiger partial charge in [0.15, 0.2) is 0 Å². The number of anilines is 1. The van der Waals surface area contributed by atoms with Crippen LogP contribution in [0.5, 0.6) is 5.75 Å². The van der Waals surface area contributed by atoms with Crippen molar-refractivity contribution in [3.05, 3.63) is 62.6 Å². The van der Waals surface area contributed by atoms with Crippen LogP contribution in [0.1, 0.15) is 24.5 Å². The van der Waals surface area contributed by atoms with Crippen LogP contribution in [0, 0.1) is 0 Å². The Balaban J connectivity index is 2.09. The van der Waals surface area contributed by atoms with Crippen molar-refractivity contribution < 1.29 is 32.3 Å². The van der Waals surface area contributed by atoms with Gasteiger partial charge < -0.3 is 4.74 Å². The molecule has 0 aromatic heterocycles. The highest BCUT2D eigenvalue weighted by Gasteiger charge is 2.39. The zero-order chi connectivity index (χ0) is 23.6. The fraction of sp³-hybridized carbons (Fsp3) is 0.190. The van der Waals surface area contributed by atoms with Gasteiger partial charge in [-0.15, -0.1) is 0 Å². The molecule has 0 bridgehead atoms. The summed E-state index contributed by atoms with van der Waals surface area (Å²) in [5.41, 5.74) is -1.73. The molecule has 1 aliphatic rings. The molecule has 0 radical (unpaired) electrons. The van der Waals surface area contributed by atoms with E-state index in [9.17, 15) is 27.6 Å². The molecule has 2 aromatic rings. The number of nitrogens with one attached hydrogen (secondary N) is 1. The number of rotatable bonds is 5. The Labute approximate surface area is 194 Å². The average Bonchev–Trinajstić information content (AvgIpc) is 2.70. The first-order valence-corrected chi connectivity index (χ1v) is 10.4. The monoisotopic (exact) mass is 530 g/mol. The summed E-state index contributed by atoms with van der Waals surface area (Å²) in [5, 5.41) is 1.68. The van der Waals surface area contributed by atoms with E-state index < -0.39 is 40.8 Å². The van der Waals surface area contributed by atoms with Crippen molar-refractivity contribution in [1.82, 2.24) is 5.32 Å². The molecule has 0 unspecified atom stereocenters. The van der Waals surface area contributed by atoms with E-state index in [0.717, 1.165) is 12.1 Å². The lowest BCUT2D eigenvalue weighted by atomic mass is 10.1. The van der Waals surface area contributed by atoms with E-state index in [1.807, 2.05) is 12.2 Å². The summed E-state index contributed by atoms with van der Waals surface area (Å²) in [7, 11) is 0. The lowest BCUT2D eigenvalue weighted by Gasteiger charge is -2.27. The summed E-state index contributed by atoms with van der Waals surface area (Å²) in [6.07, 6.45) is -2.82. The van der Waals surface area contributed by atoms with Gasteiger partial charge in [0.25, 0.3) is 11.8 Å². The number of imide groups is 2. The molecular formula is C21H15BrClF3N2O4. The molecule has 11 heteroatoms. The highest BCUT2D eigenvalue weighted by molar-refractivity contribution is 9.10. The minimum Gasteiger partial charge on any atom is -0.493 e. The number of carbonyl (C=O) groups is 3. The van der Waals surface area contributed by atoms with Gasteiger partial charge in [0.2, 0.25) is 0 Å². The van der Waals surface area contributed by atoms with Crippen LogP contribution in [0.3, 0.4) is 0 Å². The fourth-order valence-corrected chi connectivity index (χ4v) is 3.45. The predicted molar refractivity (Wildman–Crippen MR) is 115 cm³/mol. The van der Waals surface area contributed by atoms with Gasteiger partial charge in [0.05, 0.1) is 22.9 Å². The molecule has 2 aromatic carbocycles. The van der Waals surface area contributed by atoms with Gasteiger partial charge in [0.1, 0.15) is 11.3 Å². The lowest BCUT2D eigenvalue weighted by Crippen LogP contribution is -2.54. The Morgan fingerprint density at radius 3 is 2.53 bits per heavy atom. The van der Waals surface area contributed by atoms with Crippen molar-refractivity contribution in [3.8, 4) is 5.75 Å². The van der Waals surface area contributed by atoms with E-state index in [2.05, 4.69) is 15.9 Å². The van der Waals surface area contributed by atoms with Crippen LogP contribution in [0.2, 0.25) is 5.02 Å². The van der Waals surface area contributed by atoms with Gasteiger partial charge in [-0.25, -0.2) is 9.69 Å². The fourth-order valence-electron chi connectivity index (χ4n) is 2.87. The Kier molecular flexibility index (Phi) is 6.94. The third kappa shape index (κ3) is 4.97. The molecule has 0 saturated carbocycles. The van der Waals surface area contributed by atoms with Crippen molar-refractivity contribution in [2.45, 2.75) is 19.5 Å². The Bertz CT molecular complexity index is 1130. The van der Waals surface area contributed by atoms with E-state index in [0.29, 0.717) is 39.8 Å². The van der Waals surface area contributed by atoms with E-state index in [1.165, 1.54) is 6.08 Å². The summed E-state index contributed by atoms with van der Waals surface area (Å²) in [4.78, 5) is 38.2. The molecule has 0 spiro atoms. The molecule has 1 aliphatic heterocycles. The molecule has 1 N–H and O–H groups in total. The van der Waals surface area contributed by atoms with Gasteiger partial charge >= 0.3 is 12.2 Å². The first-order valence-electron chi connectivity index (χ1n) is 9.23. The summed E-state index contributed by atoms with van der Waals surface area (Å²) >= 11 is 9.28. The van der Waals surface area contributed by atoms with Gasteiger partial charge in [-0.05, 0) is 48.9 Å². The number of nitrogens with zero attached hydrogens (tertiary/aromatic N) is 1. The maximum absolute atomic E-state index is 13.1. The van der Waals surface area contributed by atoms with E-state index >= 15 is 0 Å². The lowest BCUT2D eigenvalue weighted by molar-refractivity contribution is -0.137. The largest absolute Gasteiger partial charge is 0.493 e. The molecule has 6 nitrogen and oxygen atoms in total. The Morgan fingerprint density at radius 1 is 1.16 bits per heavy atom. The second kappa shape index (κ2) is 9.33. The number of halogens is 5. The number of hydrogen-bond acceptors (Lipinski definition) is 4. The first-order chi connectivity index (χ1) is 15.0. The van der Waals surface area contributed by atoms with Crippen molar-refractivity contribution in [3.63, 3.8) is 0 Å². The number of barbiturate groups is 1. The summed E-state index contributed by atoms with van der Waals surface area (Å²) in [5.74, 6) is -1.74. The zero-order valence-electron chi connectivity index (χ0n) is 16.4. The maximum atomic E-state index is 13.1. The Morgan fingerprint density at radius 2 is 1.88 bits per heavy atom. The molecule has 1 saturated heterocycles. The smallest absolute Gasteiger partial charge is 0.416 e. The summed E-state index contributed by atoms with van der Waals surface area (Å²) < 4.78 is 45.7. The minimum absolute atomic E-state index is 0.273. The Hall–Kier alpha value is -2.85. The van der Waals surface area contributed by atoms with Crippen LogP contribution in [-0.2, 0) is 15.8 Å². The zero-order valence-corrected chi connectivity index (χ0v) is 18.8. The van der Waals surface area contributed by atoms with Crippen LogP contribution in [0.15, 0.2) is 46.4 Å². The predicted octanol–water partition coefficient (Wildman–Crippen LogP) is 5.58. The second-order valence-corrected chi connectivity index (χ2v) is 7.98. The van der Waals surface area contributed by atoms with Crippen LogP contribution in [0.25, 0.3) is 6.08 Å². The van der Waals surface area contributed by atoms with Crippen LogP contribution < -0.4 is 15.0 Å². The van der Waals surface area contributed by atoms with Gasteiger partial charge in [-0.3, -0.25) is 14.9 Å². The van der Waals surface area contributed by atoms with Crippen LogP contribution in [0.4, 0.5) is 23.7 Å². The first kappa shape index (κ1) is 23.8. The number of benzene rings is 2. The second-order valence-electron chi connectivity index (χ2n) is 6.65. The standard InChI is InChI=1S/C21H15BrClF3N2O4/c1-2-7-32-17-6-4-13(22)8-11(17)9-14-18(29)27-20(31)28(19(14)30)16-10-12(21(24,25)26)3-5-15(16)23/h3-6,8-10H,2,7H2,1H3,(H,27,29,31)/b14-9-. The number of hydrogen-bond donors (Lipinski definition) is 1. The van der Waals surface area contributed by atoms with Gasteiger partial charge in [-0.2, -0.15) is 13.2 Å². The SMILES string of the molecule is CCCOc1ccc(Br)cc1/C=C1/C(=O)NC(=O)N(c2cc(C(F)(F)F)ccc2Cl)C1=O. The number of alkyl halides is 3. The molecular weight excluding hydrogens is 517 g/mol. The molecule has 3 rings (SSSR count). The average molecular weight is 532 g/mol. The molecule has 168 valence electrons. The van der Waals surface area contributed by atoms with Crippen molar-refractivity contribution in [2.24, 2.45) is 0 Å². The van der Waals surface area contributed by atoms with Crippen LogP contribution >= 0.6 is 27.5 Å². The van der Waals surface area contributed by atoms with Crippen molar-refractivity contribution >= 4 is 57.1 Å². The third-order valence-corrected chi connectivity index (χ3v) is 5.16. The third-order valence-electron chi connectivity index (χ3n) is 4.35. The highest BCUT2D eigenvalue weighted by Crippen LogP contribution is 2.37. The molecule has 0 aliphatic carbocycles. The van der Waals surface area contributed by atoms with E-state index in [4.69, 9.17) is 16.3 Å². The maximum Gasteiger partial charge on any atom is 0.416 e. The van der Waals surface area contributed by atoms with Crippen molar-refractivity contribution in [1.29, 1.82) is 0 Å². The molecule has 32 heavy (non-hydrogen) atoms. The summed E-state index contributed by atoms with van der Waals surface area (Å²) in [6.45, 7) is 2.28. The van der Waals surface area contributed by atoms with Gasteiger partial charge in [-0.1, -0.05) is 34.5 Å². The quantitative estimate of drug-likeness (QED) is 0.404. The normalized spacial score (nSPS) is 15.9. The number of carbonyl (C=O) groups excluding carboxylic acids is 3. The number of ether oxygens (including phenoxy) is 1. The van der Waals surface area contributed by atoms with Crippen LogP contribution in [-0.4, -0.2) is 24.5 Å². The molecule has 1 heterocycles. The molecule has 1 fully saturated rings. The summed E-state index contributed by atoms with van der Waals surface area (Å²) in [6, 6.07) is 5.93. The highest BCUT2D eigenvalue weighted by atomic mass is 79.9. The molecule has 4 amide bonds. The van der Waals surface area contributed by atoms with Gasteiger partial charge in [0, 0.05) is 10.0 Å².